The summed E-state index contributed by atoms with van der Waals surface area (Å²) in [5.74, 6) is 4.54. The Bertz CT molecular complexity index is 1090. The largest absolute Gasteiger partial charge is 0.402 e. The summed E-state index contributed by atoms with van der Waals surface area (Å²) in [5, 5.41) is 2.29. The zero-order valence-electron chi connectivity index (χ0n) is 17.6. The van der Waals surface area contributed by atoms with Gasteiger partial charge in [-0.15, -0.1) is 0 Å². The smallest absolute Gasteiger partial charge is 0.352 e. The maximum atomic E-state index is 14.8. The van der Waals surface area contributed by atoms with E-state index in [0.29, 0.717) is 0 Å². The topological polar surface area (TPSA) is 67.6 Å². The molecule has 12 heteroatoms. The highest BCUT2D eigenvalue weighted by Crippen LogP contribution is 2.54. The fraction of sp³-hybridized carbons (Fsp3) is 0.409. The van der Waals surface area contributed by atoms with Crippen molar-refractivity contribution >= 4 is 46.4 Å². The van der Waals surface area contributed by atoms with Gasteiger partial charge >= 0.3 is 6.18 Å². The second-order valence-electron chi connectivity index (χ2n) is 8.42. The number of nitrogens with two attached hydrogens (primary N) is 1. The van der Waals surface area contributed by atoms with Gasteiger partial charge in [-0.05, 0) is 49.1 Å². The van der Waals surface area contributed by atoms with Crippen LogP contribution in [0.25, 0.3) is 0 Å². The summed E-state index contributed by atoms with van der Waals surface area (Å²) in [7, 11) is 0. The Morgan fingerprint density at radius 2 is 1.82 bits per heavy atom. The monoisotopic (exact) mass is 539 g/mol. The van der Waals surface area contributed by atoms with Crippen LogP contribution in [0.3, 0.4) is 0 Å². The first-order valence-electron chi connectivity index (χ1n) is 10.4. The summed E-state index contributed by atoms with van der Waals surface area (Å²) in [4.78, 5) is 17.9. The van der Waals surface area contributed by atoms with Gasteiger partial charge < -0.3 is 10.2 Å². The Kier molecular flexibility index (Phi) is 6.96. The van der Waals surface area contributed by atoms with Gasteiger partial charge in [-0.3, -0.25) is 9.63 Å². The fourth-order valence-corrected chi connectivity index (χ4v) is 4.93. The Hall–Kier alpha value is -1.78. The number of hydrogen-bond donors (Lipinski definition) is 2. The predicted molar refractivity (Wildman–Crippen MR) is 121 cm³/mol. The molecule has 2 aromatic rings. The highest BCUT2D eigenvalue weighted by molar-refractivity contribution is 6.48. The van der Waals surface area contributed by atoms with Crippen LogP contribution in [-0.4, -0.2) is 24.9 Å². The number of halogens is 7. The lowest BCUT2D eigenvalue weighted by atomic mass is 9.77. The zero-order valence-corrected chi connectivity index (χ0v) is 19.8. The fourth-order valence-electron chi connectivity index (χ4n) is 4.33. The Labute approximate surface area is 208 Å². The van der Waals surface area contributed by atoms with Gasteiger partial charge in [0.05, 0.1) is 15.1 Å². The molecule has 34 heavy (non-hydrogen) atoms. The van der Waals surface area contributed by atoms with Crippen LogP contribution in [-0.2, 0) is 21.6 Å². The molecule has 2 aromatic carbocycles. The summed E-state index contributed by atoms with van der Waals surface area (Å²) in [6, 6.07) is 6.14. The van der Waals surface area contributed by atoms with Crippen LogP contribution in [0.5, 0.6) is 0 Å². The normalized spacial score (nSPS) is 22.8. The molecule has 0 aromatic heterocycles. The Morgan fingerprint density at radius 1 is 1.18 bits per heavy atom. The van der Waals surface area contributed by atoms with Crippen molar-refractivity contribution in [2.24, 2.45) is 11.8 Å². The molecular formula is C22H20Cl3F4N3O2. The minimum absolute atomic E-state index is 0.0213. The van der Waals surface area contributed by atoms with Crippen molar-refractivity contribution in [2.45, 2.75) is 43.6 Å². The van der Waals surface area contributed by atoms with E-state index in [1.54, 1.807) is 0 Å². The van der Waals surface area contributed by atoms with E-state index in [4.69, 9.17) is 45.5 Å². The van der Waals surface area contributed by atoms with Crippen molar-refractivity contribution in [1.29, 1.82) is 0 Å². The molecule has 3 N–H and O–H groups in total. The first kappa shape index (κ1) is 25.3. The number of nitrogens with one attached hydrogen (secondary N) is 1. The van der Waals surface area contributed by atoms with Crippen molar-refractivity contribution in [2.75, 3.05) is 11.4 Å². The molecule has 5 nitrogen and oxygen atoms in total. The van der Waals surface area contributed by atoms with E-state index >= 15 is 0 Å². The van der Waals surface area contributed by atoms with Crippen LogP contribution < -0.4 is 16.1 Å². The van der Waals surface area contributed by atoms with Gasteiger partial charge in [-0.25, -0.2) is 10.3 Å². The molecule has 2 unspecified atom stereocenters. The number of anilines is 1. The quantitative estimate of drug-likeness (QED) is 0.279. The molecule has 0 radical (unpaired) electrons. The molecule has 4 rings (SSSR count). The molecule has 0 spiro atoms. The van der Waals surface area contributed by atoms with Gasteiger partial charge in [0.15, 0.2) is 6.23 Å². The van der Waals surface area contributed by atoms with Crippen molar-refractivity contribution in [3.63, 3.8) is 0 Å². The molecule has 184 valence electrons. The number of benzene rings is 2. The molecule has 2 atom stereocenters. The first-order valence-corrected chi connectivity index (χ1v) is 11.5. The van der Waals surface area contributed by atoms with Gasteiger partial charge in [-0.2, -0.15) is 13.2 Å². The van der Waals surface area contributed by atoms with Gasteiger partial charge in [0.2, 0.25) is 5.91 Å². The maximum absolute atomic E-state index is 14.8. The molecule has 1 aliphatic heterocycles. The van der Waals surface area contributed by atoms with Crippen LogP contribution in [0, 0.1) is 11.7 Å². The third-order valence-corrected chi connectivity index (χ3v) is 7.55. The van der Waals surface area contributed by atoms with E-state index in [9.17, 15) is 22.4 Å². The summed E-state index contributed by atoms with van der Waals surface area (Å²) < 4.78 is 58.5. The lowest BCUT2D eigenvalue weighted by Gasteiger charge is -2.39. The van der Waals surface area contributed by atoms with Crippen molar-refractivity contribution < 1.29 is 27.2 Å². The van der Waals surface area contributed by atoms with Crippen LogP contribution in [0.1, 0.15) is 30.4 Å². The number of hydrogen-bond acceptors (Lipinski definition) is 4. The summed E-state index contributed by atoms with van der Waals surface area (Å²) >= 11 is 18.0. The van der Waals surface area contributed by atoms with E-state index in [-0.39, 0.29) is 56.8 Å². The van der Waals surface area contributed by atoms with Gasteiger partial charge in [0, 0.05) is 30.3 Å². The van der Waals surface area contributed by atoms with Crippen molar-refractivity contribution in [1.82, 2.24) is 5.32 Å². The molecule has 1 saturated heterocycles. The maximum Gasteiger partial charge on any atom is 0.402 e. The van der Waals surface area contributed by atoms with Crippen molar-refractivity contribution in [3.05, 3.63) is 62.3 Å². The van der Waals surface area contributed by atoms with Crippen LogP contribution in [0.4, 0.5) is 23.2 Å². The van der Waals surface area contributed by atoms with Gasteiger partial charge in [0.25, 0.3) is 0 Å². The number of alkyl halides is 3. The molecule has 1 heterocycles. The van der Waals surface area contributed by atoms with E-state index < -0.39 is 30.1 Å². The number of amides is 1. The second-order valence-corrected chi connectivity index (χ2v) is 9.61. The molecule has 1 amide bonds. The SMILES string of the molecule is NOC1N(c2ccc(CNC(=O)C3CC3)c(F)c2)CCC1(c1cc(Cl)c(Cl)c(Cl)c1)C(F)(F)F. The number of carbonyl (C=O) groups is 1. The van der Waals surface area contributed by atoms with Gasteiger partial charge in [-0.1, -0.05) is 40.9 Å². The number of rotatable bonds is 6. The third kappa shape index (κ3) is 4.44. The Balaban J connectivity index is 1.66. The highest BCUT2D eigenvalue weighted by Gasteiger charge is 2.66. The summed E-state index contributed by atoms with van der Waals surface area (Å²) in [6.07, 6.45) is -5.38. The van der Waals surface area contributed by atoms with E-state index in [2.05, 4.69) is 5.32 Å². The Morgan fingerprint density at radius 3 is 2.35 bits per heavy atom. The third-order valence-electron chi connectivity index (χ3n) is 6.35. The van der Waals surface area contributed by atoms with E-state index in [1.807, 2.05) is 0 Å². The van der Waals surface area contributed by atoms with Gasteiger partial charge in [0.1, 0.15) is 11.2 Å². The number of nitrogens with zero attached hydrogens (tertiary/aromatic N) is 1. The van der Waals surface area contributed by atoms with Crippen LogP contribution in [0.15, 0.2) is 30.3 Å². The number of carbonyl (C=O) groups excluding carboxylic acids is 1. The molecule has 2 fully saturated rings. The second kappa shape index (κ2) is 9.35. The average molecular weight is 541 g/mol. The van der Waals surface area contributed by atoms with Crippen LogP contribution >= 0.6 is 34.8 Å². The molecule has 2 aliphatic rings. The van der Waals surface area contributed by atoms with Crippen LogP contribution in [0.2, 0.25) is 15.1 Å². The van der Waals surface area contributed by atoms with E-state index in [0.717, 1.165) is 31.0 Å². The molecular weight excluding hydrogens is 521 g/mol. The molecule has 1 aliphatic carbocycles. The standard InChI is InChI=1S/C22H20Cl3F4N3O2/c23-15-7-13(8-16(24)18(15)25)21(22(27,28)29)5-6-32(20(21)34-30)14-4-3-12(17(26)9-14)10-31-19(33)11-1-2-11/h3-4,7-9,11,20H,1-2,5-6,10,30H2,(H,31,33). The molecule has 1 saturated carbocycles. The lowest BCUT2D eigenvalue weighted by Crippen LogP contribution is -2.54. The minimum atomic E-state index is -4.82. The van der Waals surface area contributed by atoms with E-state index in [1.165, 1.54) is 17.0 Å². The lowest BCUT2D eigenvalue weighted by molar-refractivity contribution is -0.218. The highest BCUT2D eigenvalue weighted by atomic mass is 35.5. The average Bonchev–Trinajstić information content (AvgIpc) is 3.54. The molecule has 0 bridgehead atoms. The predicted octanol–water partition coefficient (Wildman–Crippen LogP) is 5.74. The minimum Gasteiger partial charge on any atom is -0.352 e. The summed E-state index contributed by atoms with van der Waals surface area (Å²) in [6.45, 7) is -0.164. The van der Waals surface area contributed by atoms with Crippen molar-refractivity contribution in [3.8, 4) is 0 Å². The zero-order chi connectivity index (χ0) is 24.8. The first-order chi connectivity index (χ1) is 16.0. The summed E-state index contributed by atoms with van der Waals surface area (Å²) in [5.41, 5.74) is -2.52.